The zero-order valence-electron chi connectivity index (χ0n) is 15.0. The molecule has 1 fully saturated rings. The number of nitrogens with zero attached hydrogens (tertiary/aromatic N) is 7. The maximum absolute atomic E-state index is 12.1. The zero-order chi connectivity index (χ0) is 18.8. The molecule has 1 aliphatic rings. The molecule has 1 saturated heterocycles. The van der Waals surface area contributed by atoms with Crippen LogP contribution in [0.25, 0.3) is 16.9 Å². The third-order valence-corrected chi connectivity index (χ3v) is 4.94. The highest BCUT2D eigenvalue weighted by Crippen LogP contribution is 2.24. The quantitative estimate of drug-likeness (QED) is 0.685. The summed E-state index contributed by atoms with van der Waals surface area (Å²) in [6.45, 7) is 4.84. The van der Waals surface area contributed by atoms with Gasteiger partial charge < -0.3 is 9.80 Å². The molecule has 0 saturated carbocycles. The van der Waals surface area contributed by atoms with Gasteiger partial charge in [0, 0.05) is 37.6 Å². The topological polar surface area (TPSA) is 80.0 Å². The summed E-state index contributed by atoms with van der Waals surface area (Å²) in [5, 5.41) is 9.22. The van der Waals surface area contributed by atoms with Crippen LogP contribution < -0.4 is 4.90 Å². The molecule has 3 heterocycles. The minimum absolute atomic E-state index is 0.221. The van der Waals surface area contributed by atoms with Crippen molar-refractivity contribution in [2.45, 2.75) is 19.8 Å². The van der Waals surface area contributed by atoms with E-state index in [0.29, 0.717) is 35.7 Å². The summed E-state index contributed by atoms with van der Waals surface area (Å²) in [4.78, 5) is 24.9. The Bertz CT molecular complexity index is 948. The normalized spacial score (nSPS) is 14.7. The van der Waals surface area contributed by atoms with Crippen molar-refractivity contribution in [3.63, 3.8) is 0 Å². The number of amides is 1. The second-order valence-corrected chi connectivity index (χ2v) is 6.90. The molecule has 4 rings (SSSR count). The van der Waals surface area contributed by atoms with E-state index in [1.807, 2.05) is 24.0 Å². The van der Waals surface area contributed by atoms with Crippen LogP contribution in [0.1, 0.15) is 19.8 Å². The summed E-state index contributed by atoms with van der Waals surface area (Å²) in [6.07, 6.45) is 3.01. The van der Waals surface area contributed by atoms with E-state index >= 15 is 0 Å². The van der Waals surface area contributed by atoms with E-state index in [0.717, 1.165) is 31.0 Å². The second-order valence-electron chi connectivity index (χ2n) is 6.46. The molecule has 0 atom stereocenters. The van der Waals surface area contributed by atoms with Crippen molar-refractivity contribution in [2.75, 3.05) is 31.1 Å². The van der Waals surface area contributed by atoms with Gasteiger partial charge in [0.2, 0.25) is 5.91 Å². The van der Waals surface area contributed by atoms with Crippen LogP contribution in [0.3, 0.4) is 0 Å². The summed E-state index contributed by atoms with van der Waals surface area (Å²) >= 11 is 5.97. The lowest BCUT2D eigenvalue weighted by Crippen LogP contribution is -2.49. The van der Waals surface area contributed by atoms with Crippen LogP contribution in [-0.4, -0.2) is 61.9 Å². The van der Waals surface area contributed by atoms with Crippen LogP contribution in [0, 0.1) is 0 Å². The second kappa shape index (κ2) is 7.48. The Morgan fingerprint density at radius 1 is 1.11 bits per heavy atom. The van der Waals surface area contributed by atoms with Crippen LogP contribution in [0.5, 0.6) is 0 Å². The highest BCUT2D eigenvalue weighted by atomic mass is 35.5. The first-order valence-electron chi connectivity index (χ1n) is 9.02. The van der Waals surface area contributed by atoms with Gasteiger partial charge in [-0.3, -0.25) is 4.79 Å². The molecular weight excluding hydrogens is 366 g/mol. The fourth-order valence-corrected chi connectivity index (χ4v) is 3.39. The molecule has 0 aliphatic carbocycles. The van der Waals surface area contributed by atoms with E-state index in [2.05, 4.69) is 25.2 Å². The van der Waals surface area contributed by atoms with Crippen LogP contribution in [0.15, 0.2) is 30.6 Å². The predicted octanol–water partition coefficient (Wildman–Crippen LogP) is 2.31. The molecule has 140 valence electrons. The Hall–Kier alpha value is -2.74. The highest BCUT2D eigenvalue weighted by Gasteiger charge is 2.24. The first kappa shape index (κ1) is 17.7. The van der Waals surface area contributed by atoms with Crippen LogP contribution >= 0.6 is 11.6 Å². The average molecular weight is 386 g/mol. The van der Waals surface area contributed by atoms with Gasteiger partial charge in [-0.15, -0.1) is 5.10 Å². The van der Waals surface area contributed by atoms with Crippen molar-refractivity contribution >= 4 is 34.5 Å². The van der Waals surface area contributed by atoms with E-state index in [-0.39, 0.29) is 5.91 Å². The van der Waals surface area contributed by atoms with Gasteiger partial charge in [0.25, 0.3) is 0 Å². The Morgan fingerprint density at radius 2 is 1.85 bits per heavy atom. The summed E-state index contributed by atoms with van der Waals surface area (Å²) < 4.78 is 1.68. The lowest BCUT2D eigenvalue weighted by atomic mass is 10.2. The molecule has 3 aromatic rings. The van der Waals surface area contributed by atoms with Gasteiger partial charge in [-0.2, -0.15) is 4.68 Å². The van der Waals surface area contributed by atoms with Gasteiger partial charge in [-0.25, -0.2) is 9.97 Å². The molecule has 27 heavy (non-hydrogen) atoms. The summed E-state index contributed by atoms with van der Waals surface area (Å²) in [5.74, 6) is 0.974. The first-order chi connectivity index (χ1) is 13.2. The number of anilines is 1. The zero-order valence-corrected chi connectivity index (χ0v) is 15.8. The van der Waals surface area contributed by atoms with Gasteiger partial charge in [-0.05, 0) is 30.7 Å². The molecule has 0 spiro atoms. The number of fused-ring (bicyclic) bond motifs is 1. The minimum Gasteiger partial charge on any atom is -0.351 e. The smallest absolute Gasteiger partial charge is 0.222 e. The number of benzene rings is 1. The first-order valence-corrected chi connectivity index (χ1v) is 9.40. The number of hydrogen-bond acceptors (Lipinski definition) is 6. The molecule has 8 nitrogen and oxygen atoms in total. The molecule has 0 unspecified atom stereocenters. The number of carbonyl (C=O) groups is 1. The van der Waals surface area contributed by atoms with Gasteiger partial charge in [-0.1, -0.05) is 23.7 Å². The van der Waals surface area contributed by atoms with Gasteiger partial charge in [0.05, 0.1) is 5.69 Å². The van der Waals surface area contributed by atoms with Crippen molar-refractivity contribution in [1.82, 2.24) is 29.9 Å². The number of halogens is 1. The molecule has 0 bridgehead atoms. The maximum atomic E-state index is 12.1. The predicted molar refractivity (Wildman–Crippen MR) is 103 cm³/mol. The number of hydrogen-bond donors (Lipinski definition) is 0. The number of aromatic nitrogens is 5. The van der Waals surface area contributed by atoms with Gasteiger partial charge in [0.15, 0.2) is 17.0 Å². The largest absolute Gasteiger partial charge is 0.351 e. The molecule has 0 radical (unpaired) electrons. The van der Waals surface area contributed by atoms with Crippen molar-refractivity contribution in [1.29, 1.82) is 0 Å². The molecule has 1 aliphatic heterocycles. The van der Waals surface area contributed by atoms with Crippen LogP contribution in [0.2, 0.25) is 5.02 Å². The molecular formula is C18H20ClN7O. The minimum atomic E-state index is 0.221. The van der Waals surface area contributed by atoms with Crippen molar-refractivity contribution < 1.29 is 4.79 Å². The Balaban J connectivity index is 1.59. The summed E-state index contributed by atoms with van der Waals surface area (Å²) in [5.41, 5.74) is 2.13. The highest BCUT2D eigenvalue weighted by molar-refractivity contribution is 6.30. The third-order valence-electron chi connectivity index (χ3n) is 4.69. The van der Waals surface area contributed by atoms with Crippen LogP contribution in [0.4, 0.5) is 5.82 Å². The summed E-state index contributed by atoms with van der Waals surface area (Å²) in [7, 11) is 0. The van der Waals surface area contributed by atoms with Crippen molar-refractivity contribution in [3.8, 4) is 5.69 Å². The van der Waals surface area contributed by atoms with Crippen molar-refractivity contribution in [3.05, 3.63) is 35.6 Å². The Kier molecular flexibility index (Phi) is 4.89. The lowest BCUT2D eigenvalue weighted by Gasteiger charge is -2.35. The molecule has 0 N–H and O–H groups in total. The fraction of sp³-hybridized carbons (Fsp3) is 0.389. The Morgan fingerprint density at radius 3 is 2.56 bits per heavy atom. The van der Waals surface area contributed by atoms with E-state index < -0.39 is 0 Å². The van der Waals surface area contributed by atoms with E-state index in [1.54, 1.807) is 16.8 Å². The number of carbonyl (C=O) groups excluding carboxylic acids is 1. The monoisotopic (exact) mass is 385 g/mol. The standard InChI is InChI=1S/C18H20ClN7O/c1-2-3-15(27)24-8-10-25(11-9-24)17-16-18(21-12-20-17)26(23-22-16)14-6-4-13(19)5-7-14/h4-7,12H,2-3,8-11H2,1H3. The molecule has 9 heteroatoms. The number of rotatable bonds is 4. The SMILES string of the molecule is CCCC(=O)N1CCN(c2ncnc3c2nnn3-c2ccc(Cl)cc2)CC1. The van der Waals surface area contributed by atoms with Crippen LogP contribution in [-0.2, 0) is 4.79 Å². The van der Waals surface area contributed by atoms with E-state index in [9.17, 15) is 4.79 Å². The summed E-state index contributed by atoms with van der Waals surface area (Å²) in [6, 6.07) is 7.35. The average Bonchev–Trinajstić information content (AvgIpc) is 3.13. The van der Waals surface area contributed by atoms with Gasteiger partial charge in [0.1, 0.15) is 6.33 Å². The number of piperazine rings is 1. The fourth-order valence-electron chi connectivity index (χ4n) is 3.26. The third kappa shape index (κ3) is 3.44. The molecule has 1 amide bonds. The van der Waals surface area contributed by atoms with E-state index in [4.69, 9.17) is 11.6 Å². The van der Waals surface area contributed by atoms with Crippen molar-refractivity contribution in [2.24, 2.45) is 0 Å². The lowest BCUT2D eigenvalue weighted by molar-refractivity contribution is -0.131. The molecule has 1 aromatic carbocycles. The Labute approximate surface area is 161 Å². The maximum Gasteiger partial charge on any atom is 0.222 e. The molecule has 2 aromatic heterocycles. The van der Waals surface area contributed by atoms with Gasteiger partial charge >= 0.3 is 0 Å². The van der Waals surface area contributed by atoms with E-state index in [1.165, 1.54) is 6.33 Å².